The largest absolute Gasteiger partial charge is 0.363 e. The van der Waals surface area contributed by atoms with Gasteiger partial charge < -0.3 is 4.90 Å². The molecule has 7 nitrogen and oxygen atoms in total. The highest BCUT2D eigenvalue weighted by Gasteiger charge is 2.30. The van der Waals surface area contributed by atoms with Crippen molar-refractivity contribution in [3.05, 3.63) is 50.7 Å². The lowest BCUT2D eigenvalue weighted by Gasteiger charge is -2.35. The van der Waals surface area contributed by atoms with Crippen LogP contribution in [-0.4, -0.2) is 50.7 Å². The molecule has 0 unspecified atom stereocenters. The summed E-state index contributed by atoms with van der Waals surface area (Å²) in [5.74, 6) is 0. The number of hydrogen-bond acceptors (Lipinski definition) is 7. The van der Waals surface area contributed by atoms with Crippen LogP contribution in [0.3, 0.4) is 0 Å². The van der Waals surface area contributed by atoms with Crippen molar-refractivity contribution in [2.24, 2.45) is 0 Å². The van der Waals surface area contributed by atoms with Crippen molar-refractivity contribution in [1.82, 2.24) is 4.90 Å². The second-order valence-corrected chi connectivity index (χ2v) is 9.01. The van der Waals surface area contributed by atoms with E-state index in [1.54, 1.807) is 23.5 Å². The topological polar surface area (TPSA) is 83.8 Å². The minimum absolute atomic E-state index is 0.226. The Morgan fingerprint density at radius 2 is 1.88 bits per heavy atom. The zero-order chi connectivity index (χ0) is 18.0. The van der Waals surface area contributed by atoms with Gasteiger partial charge in [0.15, 0.2) is 9.84 Å². The van der Waals surface area contributed by atoms with Crippen LogP contribution >= 0.6 is 11.3 Å². The molecule has 1 aliphatic heterocycles. The van der Waals surface area contributed by atoms with Gasteiger partial charge in [-0.15, -0.1) is 11.3 Å². The fraction of sp³-hybridized carbons (Fsp3) is 0.375. The molecule has 25 heavy (non-hydrogen) atoms. The highest BCUT2D eigenvalue weighted by atomic mass is 32.2. The van der Waals surface area contributed by atoms with E-state index in [9.17, 15) is 18.5 Å². The van der Waals surface area contributed by atoms with Gasteiger partial charge in [-0.1, -0.05) is 12.1 Å². The number of nitrogens with zero attached hydrogens (tertiary/aromatic N) is 3. The third kappa shape index (κ3) is 4.00. The van der Waals surface area contributed by atoms with Gasteiger partial charge in [0.1, 0.15) is 10.6 Å². The molecular formula is C16H19N3O4S2. The summed E-state index contributed by atoms with van der Waals surface area (Å²) < 4.78 is 23.8. The number of hydrogen-bond donors (Lipinski definition) is 0. The van der Waals surface area contributed by atoms with Gasteiger partial charge in [0.25, 0.3) is 0 Å². The molecule has 1 saturated heterocycles. The first-order valence-electron chi connectivity index (χ1n) is 7.83. The Balaban J connectivity index is 1.80. The van der Waals surface area contributed by atoms with Crippen LogP contribution in [0, 0.1) is 10.1 Å². The third-order valence-electron chi connectivity index (χ3n) is 4.23. The maximum Gasteiger partial charge on any atom is 0.311 e. The SMILES string of the molecule is CS(=O)(=O)c1cccc(N2CCN(Cc3cccs3)CC2)c1[N+](=O)[O-]. The number of nitro groups is 1. The van der Waals surface area contributed by atoms with Crippen molar-refractivity contribution in [2.75, 3.05) is 37.3 Å². The molecule has 0 spiro atoms. The van der Waals surface area contributed by atoms with Crippen molar-refractivity contribution in [3.8, 4) is 0 Å². The Morgan fingerprint density at radius 1 is 1.16 bits per heavy atom. The van der Waals surface area contributed by atoms with E-state index >= 15 is 0 Å². The molecule has 9 heteroatoms. The van der Waals surface area contributed by atoms with Gasteiger partial charge in [0.05, 0.1) is 4.92 Å². The zero-order valence-corrected chi connectivity index (χ0v) is 15.4. The van der Waals surface area contributed by atoms with Crippen molar-refractivity contribution < 1.29 is 13.3 Å². The van der Waals surface area contributed by atoms with Gasteiger partial charge in [0.2, 0.25) is 0 Å². The van der Waals surface area contributed by atoms with E-state index in [1.807, 2.05) is 16.3 Å². The molecule has 1 fully saturated rings. The highest BCUT2D eigenvalue weighted by Crippen LogP contribution is 2.35. The molecule has 2 aromatic rings. The number of piperazine rings is 1. The number of nitro benzene ring substituents is 1. The number of benzene rings is 1. The number of sulfone groups is 1. The van der Waals surface area contributed by atoms with Crippen molar-refractivity contribution >= 4 is 32.5 Å². The molecule has 0 saturated carbocycles. The lowest BCUT2D eigenvalue weighted by molar-refractivity contribution is -0.387. The lowest BCUT2D eigenvalue weighted by atomic mass is 10.2. The van der Waals surface area contributed by atoms with Crippen molar-refractivity contribution in [1.29, 1.82) is 0 Å². The molecule has 3 rings (SSSR count). The van der Waals surface area contributed by atoms with Crippen molar-refractivity contribution in [3.63, 3.8) is 0 Å². The van der Waals surface area contributed by atoms with Gasteiger partial charge in [-0.2, -0.15) is 0 Å². The minimum Gasteiger partial charge on any atom is -0.363 e. The maximum atomic E-state index is 11.9. The van der Waals surface area contributed by atoms with E-state index in [0.29, 0.717) is 18.8 Å². The van der Waals surface area contributed by atoms with E-state index < -0.39 is 14.8 Å². The van der Waals surface area contributed by atoms with Gasteiger partial charge in [-0.3, -0.25) is 15.0 Å². The smallest absolute Gasteiger partial charge is 0.311 e. The molecule has 1 aliphatic rings. The van der Waals surface area contributed by atoms with Crippen LogP contribution in [0.25, 0.3) is 0 Å². The Morgan fingerprint density at radius 3 is 2.44 bits per heavy atom. The van der Waals surface area contributed by atoms with Crippen LogP contribution in [0.4, 0.5) is 11.4 Å². The molecular weight excluding hydrogens is 362 g/mol. The van der Waals surface area contributed by atoms with Gasteiger partial charge >= 0.3 is 5.69 Å². The van der Waals surface area contributed by atoms with Crippen LogP contribution in [0.15, 0.2) is 40.6 Å². The fourth-order valence-corrected chi connectivity index (χ4v) is 4.62. The summed E-state index contributed by atoms with van der Waals surface area (Å²) in [5.41, 5.74) is 0.0559. The van der Waals surface area contributed by atoms with E-state index in [2.05, 4.69) is 11.0 Å². The summed E-state index contributed by atoms with van der Waals surface area (Å²) in [6.07, 6.45) is 0.998. The van der Waals surface area contributed by atoms with Gasteiger partial charge in [0, 0.05) is 43.9 Å². The van der Waals surface area contributed by atoms with Crippen LogP contribution in [0.1, 0.15) is 4.88 Å². The third-order valence-corrected chi connectivity index (χ3v) is 6.22. The first-order chi connectivity index (χ1) is 11.9. The second-order valence-electron chi connectivity index (χ2n) is 6.00. The number of rotatable bonds is 5. The molecule has 0 radical (unpaired) electrons. The minimum atomic E-state index is -3.66. The summed E-state index contributed by atoms with van der Waals surface area (Å²) in [5, 5.41) is 13.6. The molecule has 0 aliphatic carbocycles. The highest BCUT2D eigenvalue weighted by molar-refractivity contribution is 7.90. The molecule has 2 heterocycles. The predicted octanol–water partition coefficient (Wildman–Crippen LogP) is 2.38. The first-order valence-corrected chi connectivity index (χ1v) is 10.6. The monoisotopic (exact) mass is 381 g/mol. The van der Waals surface area contributed by atoms with Crippen LogP contribution in [0.2, 0.25) is 0 Å². The Hall–Kier alpha value is -1.97. The van der Waals surface area contributed by atoms with Crippen LogP contribution < -0.4 is 4.90 Å². The molecule has 0 bridgehead atoms. The molecule has 134 valence electrons. The number of anilines is 1. The predicted molar refractivity (Wildman–Crippen MR) is 98.0 cm³/mol. The van der Waals surface area contributed by atoms with Crippen LogP contribution in [0.5, 0.6) is 0 Å². The summed E-state index contributed by atoms with van der Waals surface area (Å²) in [7, 11) is -3.66. The Bertz CT molecular complexity index is 858. The van der Waals surface area contributed by atoms with Crippen molar-refractivity contribution in [2.45, 2.75) is 11.4 Å². The zero-order valence-electron chi connectivity index (χ0n) is 13.8. The summed E-state index contributed by atoms with van der Waals surface area (Å²) in [6, 6.07) is 8.61. The molecule has 0 amide bonds. The number of para-hydroxylation sites is 1. The molecule has 0 N–H and O–H groups in total. The average molecular weight is 381 g/mol. The Labute approximate surface area is 150 Å². The maximum absolute atomic E-state index is 11.9. The number of thiophene rings is 1. The summed E-state index contributed by atoms with van der Waals surface area (Å²) >= 11 is 1.71. The fourth-order valence-electron chi connectivity index (χ4n) is 3.02. The van der Waals surface area contributed by atoms with E-state index in [4.69, 9.17) is 0 Å². The molecule has 0 atom stereocenters. The quantitative estimate of drug-likeness (QED) is 0.584. The van der Waals surface area contributed by atoms with E-state index in [1.165, 1.54) is 10.9 Å². The van der Waals surface area contributed by atoms with Gasteiger partial charge in [-0.05, 0) is 23.6 Å². The van der Waals surface area contributed by atoms with Gasteiger partial charge in [-0.25, -0.2) is 8.42 Å². The Kier molecular flexibility index (Phi) is 5.07. The molecule has 1 aromatic carbocycles. The first kappa shape index (κ1) is 17.8. The standard InChI is InChI=1S/C16H19N3O4S2/c1-25(22,23)15-6-2-5-14(16(15)19(20)21)18-9-7-17(8-10-18)12-13-4-3-11-24-13/h2-6,11H,7-10,12H2,1H3. The normalized spacial score (nSPS) is 16.1. The summed E-state index contributed by atoms with van der Waals surface area (Å²) in [4.78, 5) is 16.2. The molecule has 1 aromatic heterocycles. The van der Waals surface area contributed by atoms with E-state index in [0.717, 1.165) is 25.9 Å². The summed E-state index contributed by atoms with van der Waals surface area (Å²) in [6.45, 7) is 3.67. The van der Waals surface area contributed by atoms with Crippen LogP contribution in [-0.2, 0) is 16.4 Å². The average Bonchev–Trinajstić information content (AvgIpc) is 3.07. The second kappa shape index (κ2) is 7.11. The lowest BCUT2D eigenvalue weighted by Crippen LogP contribution is -2.46. The van der Waals surface area contributed by atoms with E-state index in [-0.39, 0.29) is 10.6 Å².